The predicted octanol–water partition coefficient (Wildman–Crippen LogP) is 3.72. The van der Waals surface area contributed by atoms with Crippen LogP contribution in [0.15, 0.2) is 60.9 Å². The summed E-state index contributed by atoms with van der Waals surface area (Å²) in [6.07, 6.45) is 1.97. The van der Waals surface area contributed by atoms with Crippen molar-refractivity contribution in [3.05, 3.63) is 82.8 Å². The van der Waals surface area contributed by atoms with Crippen molar-refractivity contribution in [3.63, 3.8) is 0 Å². The average Bonchev–Trinajstić information content (AvgIpc) is 2.68. The first-order valence-electron chi connectivity index (χ1n) is 8.26. The summed E-state index contributed by atoms with van der Waals surface area (Å²) in [6.45, 7) is 0.462. The lowest BCUT2D eigenvalue weighted by molar-refractivity contribution is 0.0949. The number of benzene rings is 2. The Balaban J connectivity index is 1.62. The van der Waals surface area contributed by atoms with Gasteiger partial charge in [-0.3, -0.25) is 4.79 Å². The molecule has 0 bridgehead atoms. The topological polar surface area (TPSA) is 90.7 Å². The standard InChI is InChI=1S/C20H16ClN5O/c21-16-6-3-4-14(10-16)8-9-23-20(27)18-11-19(25-13-24-18)26-17-7-2-1-5-15(17)12-22/h1-7,10-11,13H,8-9H2,(H,23,27)(H,24,25,26). The summed E-state index contributed by atoms with van der Waals surface area (Å²) in [5.74, 6) is 0.142. The Morgan fingerprint density at radius 2 is 1.96 bits per heavy atom. The zero-order chi connectivity index (χ0) is 19.1. The van der Waals surface area contributed by atoms with Gasteiger partial charge in [0.1, 0.15) is 23.9 Å². The van der Waals surface area contributed by atoms with Gasteiger partial charge < -0.3 is 10.6 Å². The quantitative estimate of drug-likeness (QED) is 0.683. The minimum Gasteiger partial charge on any atom is -0.350 e. The maximum absolute atomic E-state index is 12.3. The van der Waals surface area contributed by atoms with Crippen molar-refractivity contribution in [1.29, 1.82) is 5.26 Å². The minimum atomic E-state index is -0.295. The third-order valence-electron chi connectivity index (χ3n) is 3.80. The summed E-state index contributed by atoms with van der Waals surface area (Å²) >= 11 is 5.96. The number of nitrogens with zero attached hydrogens (tertiary/aromatic N) is 3. The van der Waals surface area contributed by atoms with Crippen molar-refractivity contribution < 1.29 is 4.79 Å². The number of aromatic nitrogens is 2. The van der Waals surface area contributed by atoms with E-state index in [1.807, 2.05) is 30.3 Å². The molecule has 0 spiro atoms. The second kappa shape index (κ2) is 8.79. The van der Waals surface area contributed by atoms with E-state index in [2.05, 4.69) is 26.7 Å². The molecule has 1 heterocycles. The molecular weight excluding hydrogens is 362 g/mol. The molecule has 0 aliphatic rings. The van der Waals surface area contributed by atoms with Gasteiger partial charge in [0.25, 0.3) is 5.91 Å². The first-order chi connectivity index (χ1) is 13.2. The van der Waals surface area contributed by atoms with Gasteiger partial charge in [0.05, 0.1) is 11.3 Å². The van der Waals surface area contributed by atoms with Crippen LogP contribution in [0.5, 0.6) is 0 Å². The van der Waals surface area contributed by atoms with Crippen molar-refractivity contribution >= 4 is 29.0 Å². The number of hydrogen-bond acceptors (Lipinski definition) is 5. The van der Waals surface area contributed by atoms with Crippen LogP contribution in [0.25, 0.3) is 0 Å². The van der Waals surface area contributed by atoms with Crippen LogP contribution >= 0.6 is 11.6 Å². The van der Waals surface area contributed by atoms with Gasteiger partial charge in [-0.05, 0) is 36.2 Å². The first kappa shape index (κ1) is 18.4. The summed E-state index contributed by atoms with van der Waals surface area (Å²) < 4.78 is 0. The fraction of sp³-hybridized carbons (Fsp3) is 0.100. The largest absolute Gasteiger partial charge is 0.350 e. The molecule has 6 nitrogen and oxygen atoms in total. The summed E-state index contributed by atoms with van der Waals surface area (Å²) in [4.78, 5) is 20.4. The van der Waals surface area contributed by atoms with E-state index >= 15 is 0 Å². The summed E-state index contributed by atoms with van der Waals surface area (Å²) in [7, 11) is 0. The lowest BCUT2D eigenvalue weighted by atomic mass is 10.1. The number of nitriles is 1. The molecule has 1 amide bonds. The van der Waals surface area contributed by atoms with E-state index in [1.54, 1.807) is 24.3 Å². The number of anilines is 2. The van der Waals surface area contributed by atoms with Gasteiger partial charge in [-0.15, -0.1) is 0 Å². The Kier molecular flexibility index (Phi) is 5.98. The fourth-order valence-electron chi connectivity index (χ4n) is 2.48. The SMILES string of the molecule is N#Cc1ccccc1Nc1cc(C(=O)NCCc2cccc(Cl)c2)ncn1. The molecule has 0 saturated carbocycles. The van der Waals surface area contributed by atoms with Crippen LogP contribution in [0.3, 0.4) is 0 Å². The third-order valence-corrected chi connectivity index (χ3v) is 4.03. The smallest absolute Gasteiger partial charge is 0.270 e. The number of para-hydroxylation sites is 1. The number of rotatable bonds is 6. The van der Waals surface area contributed by atoms with Crippen molar-refractivity contribution in [2.24, 2.45) is 0 Å². The highest BCUT2D eigenvalue weighted by Crippen LogP contribution is 2.18. The van der Waals surface area contributed by atoms with E-state index in [1.165, 1.54) is 6.33 Å². The Morgan fingerprint density at radius 3 is 2.78 bits per heavy atom. The third kappa shape index (κ3) is 5.03. The van der Waals surface area contributed by atoms with Crippen molar-refractivity contribution in [3.8, 4) is 6.07 Å². The van der Waals surface area contributed by atoms with E-state index in [4.69, 9.17) is 16.9 Å². The van der Waals surface area contributed by atoms with Crippen molar-refractivity contribution in [2.45, 2.75) is 6.42 Å². The zero-order valence-electron chi connectivity index (χ0n) is 14.3. The van der Waals surface area contributed by atoms with Gasteiger partial charge in [0.15, 0.2) is 0 Å². The average molecular weight is 378 g/mol. The van der Waals surface area contributed by atoms with Gasteiger partial charge in [-0.2, -0.15) is 5.26 Å². The van der Waals surface area contributed by atoms with E-state index in [-0.39, 0.29) is 11.6 Å². The second-order valence-corrected chi connectivity index (χ2v) is 6.14. The molecular formula is C20H16ClN5O. The molecule has 0 radical (unpaired) electrons. The number of carbonyl (C=O) groups is 1. The highest BCUT2D eigenvalue weighted by Gasteiger charge is 2.09. The van der Waals surface area contributed by atoms with Gasteiger partial charge >= 0.3 is 0 Å². The van der Waals surface area contributed by atoms with Crippen LogP contribution in [-0.2, 0) is 6.42 Å². The molecule has 3 rings (SSSR count). The summed E-state index contributed by atoms with van der Waals surface area (Å²) in [5, 5.41) is 15.7. The molecule has 134 valence electrons. The highest BCUT2D eigenvalue weighted by molar-refractivity contribution is 6.30. The van der Waals surface area contributed by atoms with E-state index in [0.29, 0.717) is 35.1 Å². The Hall–Kier alpha value is -3.43. The molecule has 27 heavy (non-hydrogen) atoms. The molecule has 2 aromatic carbocycles. The summed E-state index contributed by atoms with van der Waals surface area (Å²) in [5.41, 5.74) is 2.39. The first-order valence-corrected chi connectivity index (χ1v) is 8.64. The Morgan fingerprint density at radius 1 is 1.11 bits per heavy atom. The van der Waals surface area contributed by atoms with Crippen LogP contribution in [0.4, 0.5) is 11.5 Å². The molecule has 0 aliphatic heterocycles. The number of amides is 1. The number of carbonyl (C=O) groups excluding carboxylic acids is 1. The van der Waals surface area contributed by atoms with E-state index < -0.39 is 0 Å². The minimum absolute atomic E-state index is 0.244. The monoisotopic (exact) mass is 377 g/mol. The molecule has 3 aromatic rings. The van der Waals surface area contributed by atoms with Gasteiger partial charge in [0, 0.05) is 17.6 Å². The molecule has 0 saturated heterocycles. The second-order valence-electron chi connectivity index (χ2n) is 5.71. The fourth-order valence-corrected chi connectivity index (χ4v) is 2.69. The molecule has 0 unspecified atom stereocenters. The van der Waals surface area contributed by atoms with Crippen LogP contribution in [-0.4, -0.2) is 22.4 Å². The lowest BCUT2D eigenvalue weighted by Gasteiger charge is -2.09. The molecule has 1 aromatic heterocycles. The molecule has 2 N–H and O–H groups in total. The molecule has 0 fully saturated rings. The lowest BCUT2D eigenvalue weighted by Crippen LogP contribution is -2.26. The predicted molar refractivity (Wildman–Crippen MR) is 104 cm³/mol. The Bertz CT molecular complexity index is 999. The normalized spacial score (nSPS) is 10.1. The van der Waals surface area contributed by atoms with Gasteiger partial charge in [-0.25, -0.2) is 9.97 Å². The van der Waals surface area contributed by atoms with Crippen LogP contribution in [0, 0.1) is 11.3 Å². The zero-order valence-corrected chi connectivity index (χ0v) is 15.1. The summed E-state index contributed by atoms with van der Waals surface area (Å²) in [6, 6.07) is 18.2. The maximum atomic E-state index is 12.3. The molecule has 0 atom stereocenters. The number of halogens is 1. The number of nitrogens with one attached hydrogen (secondary N) is 2. The Labute approximate surface area is 161 Å². The van der Waals surface area contributed by atoms with E-state index in [0.717, 1.165) is 5.56 Å². The van der Waals surface area contributed by atoms with E-state index in [9.17, 15) is 4.79 Å². The highest BCUT2D eigenvalue weighted by atomic mass is 35.5. The van der Waals surface area contributed by atoms with Crippen LogP contribution in [0.1, 0.15) is 21.6 Å². The van der Waals surface area contributed by atoms with Crippen LogP contribution < -0.4 is 10.6 Å². The van der Waals surface area contributed by atoms with Crippen LogP contribution in [0.2, 0.25) is 5.02 Å². The molecule has 0 aliphatic carbocycles. The number of hydrogen-bond donors (Lipinski definition) is 2. The molecule has 7 heteroatoms. The maximum Gasteiger partial charge on any atom is 0.270 e. The van der Waals surface area contributed by atoms with Crippen molar-refractivity contribution in [1.82, 2.24) is 15.3 Å². The van der Waals surface area contributed by atoms with Gasteiger partial charge in [0.2, 0.25) is 0 Å². The van der Waals surface area contributed by atoms with Gasteiger partial charge in [-0.1, -0.05) is 35.9 Å². The van der Waals surface area contributed by atoms with Crippen molar-refractivity contribution in [2.75, 3.05) is 11.9 Å².